The topological polar surface area (TPSA) is 35.5 Å². The van der Waals surface area contributed by atoms with E-state index in [2.05, 4.69) is 0 Å². The van der Waals surface area contributed by atoms with Gasteiger partial charge in [-0.25, -0.2) is 9.18 Å². The van der Waals surface area contributed by atoms with Gasteiger partial charge < -0.3 is 9.47 Å². The first-order valence-corrected chi connectivity index (χ1v) is 6.19. The van der Waals surface area contributed by atoms with Gasteiger partial charge in [-0.1, -0.05) is 36.4 Å². The molecule has 0 saturated heterocycles. The maximum absolute atomic E-state index is 13.4. The first-order chi connectivity index (χ1) is 9.72. The van der Waals surface area contributed by atoms with E-state index in [1.165, 1.54) is 6.07 Å². The highest BCUT2D eigenvalue weighted by atomic mass is 19.1. The van der Waals surface area contributed by atoms with Gasteiger partial charge >= 0.3 is 5.97 Å². The summed E-state index contributed by atoms with van der Waals surface area (Å²) >= 11 is 0. The molecular weight excluding hydrogens is 259 g/mol. The fourth-order valence-electron chi connectivity index (χ4n) is 1.84. The summed E-state index contributed by atoms with van der Waals surface area (Å²) in [5.41, 5.74) is 1.53. The van der Waals surface area contributed by atoms with Gasteiger partial charge in [0.25, 0.3) is 0 Å². The van der Waals surface area contributed by atoms with Crippen LogP contribution in [0.25, 0.3) is 0 Å². The molecule has 0 saturated carbocycles. The van der Waals surface area contributed by atoms with Gasteiger partial charge in [0.1, 0.15) is 12.4 Å². The minimum absolute atomic E-state index is 0.0905. The Kier molecular flexibility index (Phi) is 4.85. The van der Waals surface area contributed by atoms with Gasteiger partial charge in [0.15, 0.2) is 0 Å². The molecular formula is C16H15FO3. The zero-order valence-corrected chi connectivity index (χ0v) is 11.1. The average Bonchev–Trinajstić information content (AvgIpc) is 2.47. The van der Waals surface area contributed by atoms with E-state index in [0.29, 0.717) is 17.7 Å². The van der Waals surface area contributed by atoms with Crippen LogP contribution >= 0.6 is 0 Å². The van der Waals surface area contributed by atoms with E-state index in [1.54, 1.807) is 43.5 Å². The molecule has 104 valence electrons. The highest BCUT2D eigenvalue weighted by Crippen LogP contribution is 2.14. The molecule has 20 heavy (non-hydrogen) atoms. The molecule has 2 aromatic carbocycles. The smallest absolute Gasteiger partial charge is 0.338 e. The molecule has 0 aliphatic carbocycles. The van der Waals surface area contributed by atoms with E-state index >= 15 is 0 Å². The fraction of sp³-hybridized carbons (Fsp3) is 0.188. The Balaban J connectivity index is 2.07. The van der Waals surface area contributed by atoms with Gasteiger partial charge in [0.2, 0.25) is 0 Å². The maximum atomic E-state index is 13.4. The molecule has 0 radical (unpaired) electrons. The summed E-state index contributed by atoms with van der Waals surface area (Å²) in [5.74, 6) is -0.869. The molecule has 0 fully saturated rings. The molecule has 0 heterocycles. The van der Waals surface area contributed by atoms with E-state index in [-0.39, 0.29) is 12.4 Å². The molecule has 0 spiro atoms. The van der Waals surface area contributed by atoms with Gasteiger partial charge in [0.05, 0.1) is 12.2 Å². The quantitative estimate of drug-likeness (QED) is 0.784. The summed E-state index contributed by atoms with van der Waals surface area (Å²) in [7, 11) is 1.56. The number of esters is 1. The van der Waals surface area contributed by atoms with Gasteiger partial charge in [-0.3, -0.25) is 0 Å². The zero-order chi connectivity index (χ0) is 14.4. The second-order valence-electron chi connectivity index (χ2n) is 4.26. The van der Waals surface area contributed by atoms with Crippen molar-refractivity contribution in [2.45, 2.75) is 13.2 Å². The highest BCUT2D eigenvalue weighted by molar-refractivity contribution is 5.91. The molecule has 0 N–H and O–H groups in total. The third-order valence-corrected chi connectivity index (χ3v) is 2.85. The Bertz CT molecular complexity index is 596. The number of rotatable bonds is 5. The lowest BCUT2D eigenvalue weighted by Crippen LogP contribution is -2.09. The van der Waals surface area contributed by atoms with Crippen LogP contribution in [0.5, 0.6) is 0 Å². The molecule has 3 nitrogen and oxygen atoms in total. The predicted octanol–water partition coefficient (Wildman–Crippen LogP) is 3.33. The molecule has 2 rings (SSSR count). The van der Waals surface area contributed by atoms with E-state index in [0.717, 1.165) is 5.56 Å². The number of benzene rings is 2. The first-order valence-electron chi connectivity index (χ1n) is 6.19. The minimum atomic E-state index is -0.485. The molecule has 0 unspecified atom stereocenters. The number of halogens is 1. The first kappa shape index (κ1) is 14.2. The lowest BCUT2D eigenvalue weighted by atomic mass is 10.1. The Morgan fingerprint density at radius 1 is 1.00 bits per heavy atom. The summed E-state index contributed by atoms with van der Waals surface area (Å²) in [6.45, 7) is 0.234. The molecule has 0 aromatic heterocycles. The van der Waals surface area contributed by atoms with E-state index in [9.17, 15) is 9.18 Å². The van der Waals surface area contributed by atoms with E-state index < -0.39 is 5.97 Å². The van der Waals surface area contributed by atoms with Crippen molar-refractivity contribution in [1.29, 1.82) is 0 Å². The summed E-state index contributed by atoms with van der Waals surface area (Å²) in [6, 6.07) is 13.2. The van der Waals surface area contributed by atoms with Crippen LogP contribution in [-0.2, 0) is 22.7 Å². The lowest BCUT2D eigenvalue weighted by Gasteiger charge is -2.09. The normalized spacial score (nSPS) is 10.3. The van der Waals surface area contributed by atoms with Crippen LogP contribution in [0.15, 0.2) is 48.5 Å². The molecule has 0 aliphatic heterocycles. The second kappa shape index (κ2) is 6.82. The van der Waals surface area contributed by atoms with Gasteiger partial charge in [-0.05, 0) is 17.7 Å². The molecule has 0 atom stereocenters. The standard InChI is InChI=1S/C16H15FO3/c1-19-10-12-6-2-4-8-14(12)16(18)20-11-13-7-3-5-9-15(13)17/h2-9H,10-11H2,1H3. The Morgan fingerprint density at radius 3 is 2.35 bits per heavy atom. The SMILES string of the molecule is COCc1ccccc1C(=O)OCc1ccccc1F. The summed E-state index contributed by atoms with van der Waals surface area (Å²) in [4.78, 5) is 12.0. The average molecular weight is 274 g/mol. The van der Waals surface area contributed by atoms with Gasteiger partial charge in [-0.15, -0.1) is 0 Å². The number of hydrogen-bond donors (Lipinski definition) is 0. The minimum Gasteiger partial charge on any atom is -0.457 e. The van der Waals surface area contributed by atoms with Crippen LogP contribution in [0, 0.1) is 5.82 Å². The van der Waals surface area contributed by atoms with Crippen molar-refractivity contribution >= 4 is 5.97 Å². The third-order valence-electron chi connectivity index (χ3n) is 2.85. The second-order valence-corrected chi connectivity index (χ2v) is 4.26. The number of hydrogen-bond acceptors (Lipinski definition) is 3. The van der Waals surface area contributed by atoms with Crippen molar-refractivity contribution in [3.05, 3.63) is 71.0 Å². The molecule has 4 heteroatoms. The van der Waals surface area contributed by atoms with E-state index in [1.807, 2.05) is 6.07 Å². The molecule has 0 amide bonds. The predicted molar refractivity (Wildman–Crippen MR) is 72.7 cm³/mol. The van der Waals surface area contributed by atoms with Crippen molar-refractivity contribution in [3.63, 3.8) is 0 Å². The van der Waals surface area contributed by atoms with Crippen molar-refractivity contribution in [2.24, 2.45) is 0 Å². The summed E-state index contributed by atoms with van der Waals surface area (Å²) in [6.07, 6.45) is 0. The summed E-state index contributed by atoms with van der Waals surface area (Å²) < 4.78 is 23.6. The van der Waals surface area contributed by atoms with Crippen LogP contribution in [0.2, 0.25) is 0 Å². The van der Waals surface area contributed by atoms with Crippen molar-refractivity contribution in [3.8, 4) is 0 Å². The lowest BCUT2D eigenvalue weighted by molar-refractivity contribution is 0.0464. The van der Waals surface area contributed by atoms with Crippen molar-refractivity contribution < 1.29 is 18.7 Å². The molecule has 2 aromatic rings. The number of carbonyl (C=O) groups excluding carboxylic acids is 1. The Morgan fingerprint density at radius 2 is 1.65 bits per heavy atom. The number of ether oxygens (including phenoxy) is 2. The fourth-order valence-corrected chi connectivity index (χ4v) is 1.84. The van der Waals surface area contributed by atoms with Crippen LogP contribution in [0.1, 0.15) is 21.5 Å². The number of carbonyl (C=O) groups is 1. The summed E-state index contributed by atoms with van der Waals surface area (Å²) in [5, 5.41) is 0. The largest absolute Gasteiger partial charge is 0.457 e. The van der Waals surface area contributed by atoms with Gasteiger partial charge in [0, 0.05) is 12.7 Å². The zero-order valence-electron chi connectivity index (χ0n) is 11.1. The third kappa shape index (κ3) is 3.42. The van der Waals surface area contributed by atoms with Crippen molar-refractivity contribution in [1.82, 2.24) is 0 Å². The number of methoxy groups -OCH3 is 1. The molecule has 0 aliphatic rings. The Labute approximate surface area is 117 Å². The maximum Gasteiger partial charge on any atom is 0.338 e. The Hall–Kier alpha value is -2.20. The highest BCUT2D eigenvalue weighted by Gasteiger charge is 2.13. The van der Waals surface area contributed by atoms with Crippen LogP contribution in [0.3, 0.4) is 0 Å². The monoisotopic (exact) mass is 274 g/mol. The van der Waals surface area contributed by atoms with Crippen molar-refractivity contribution in [2.75, 3.05) is 7.11 Å². The molecule has 0 bridgehead atoms. The van der Waals surface area contributed by atoms with Gasteiger partial charge in [-0.2, -0.15) is 0 Å². The van der Waals surface area contributed by atoms with Crippen LogP contribution in [0.4, 0.5) is 4.39 Å². The van der Waals surface area contributed by atoms with Crippen LogP contribution < -0.4 is 0 Å². The van der Waals surface area contributed by atoms with Crippen LogP contribution in [-0.4, -0.2) is 13.1 Å². The van der Waals surface area contributed by atoms with E-state index in [4.69, 9.17) is 9.47 Å².